The number of Topliss-reactive ketones (excluding diaryl/α,β-unsaturated/α-hetero) is 2. The third-order valence-electron chi connectivity index (χ3n) is 14.0. The van der Waals surface area contributed by atoms with E-state index in [9.17, 15) is 44.7 Å². The Balaban J connectivity index is 1.76. The number of ketones is 2. The van der Waals surface area contributed by atoms with E-state index in [1.165, 1.54) is 20.8 Å². The number of hydrogen-bond donors (Lipinski definition) is 6. The minimum atomic E-state index is -2.27. The zero-order valence-electron chi connectivity index (χ0n) is 39.3. The fourth-order valence-corrected chi connectivity index (χ4v) is 9.75. The van der Waals surface area contributed by atoms with Gasteiger partial charge in [0.2, 0.25) is 5.78 Å². The highest BCUT2D eigenvalue weighted by molar-refractivity contribution is 6.42. The largest absolute Gasteiger partial charge is 0.459 e. The van der Waals surface area contributed by atoms with E-state index in [-0.39, 0.29) is 43.4 Å². The van der Waals surface area contributed by atoms with Crippen molar-refractivity contribution in [2.24, 2.45) is 35.0 Å². The van der Waals surface area contributed by atoms with Crippen LogP contribution >= 0.6 is 0 Å². The van der Waals surface area contributed by atoms with Crippen LogP contribution in [0.15, 0.2) is 12.1 Å². The predicted octanol–water partition coefficient (Wildman–Crippen LogP) is 4.02. The lowest BCUT2D eigenvalue weighted by atomic mass is 9.74. The summed E-state index contributed by atoms with van der Waals surface area (Å²) in [5, 5.41) is 61.0. The monoisotopic (exact) mass is 878 g/mol. The van der Waals surface area contributed by atoms with Crippen molar-refractivity contribution in [3.63, 3.8) is 0 Å². The van der Waals surface area contributed by atoms with Crippen LogP contribution in [0, 0.1) is 55.8 Å². The van der Waals surface area contributed by atoms with Crippen molar-refractivity contribution in [3.05, 3.63) is 34.4 Å². The number of aliphatic hydroxyl groups is 5. The summed E-state index contributed by atoms with van der Waals surface area (Å²) < 4.78 is 31.6. The van der Waals surface area contributed by atoms with E-state index in [2.05, 4.69) is 5.32 Å². The molecular weight excluding hydrogens is 803 g/mol. The fraction of sp³-hybridized carbons (Fsp3) is 0.787. The maximum absolute atomic E-state index is 14.6. The van der Waals surface area contributed by atoms with Gasteiger partial charge in [-0.1, -0.05) is 41.5 Å². The Morgan fingerprint density at radius 1 is 0.839 bits per heavy atom. The summed E-state index contributed by atoms with van der Waals surface area (Å²) >= 11 is 0. The molecule has 1 aromatic rings. The van der Waals surface area contributed by atoms with E-state index >= 15 is 0 Å². The molecule has 3 saturated heterocycles. The molecule has 352 valence electrons. The summed E-state index contributed by atoms with van der Waals surface area (Å²) in [5.41, 5.74) is -1.89. The van der Waals surface area contributed by atoms with Crippen molar-refractivity contribution in [1.29, 1.82) is 0 Å². The zero-order valence-corrected chi connectivity index (χ0v) is 39.3. The lowest BCUT2D eigenvalue weighted by Crippen LogP contribution is -2.59. The highest BCUT2D eigenvalue weighted by atomic mass is 16.7. The van der Waals surface area contributed by atoms with Crippen LogP contribution in [0.3, 0.4) is 0 Å². The van der Waals surface area contributed by atoms with Crippen LogP contribution in [-0.4, -0.2) is 128 Å². The first kappa shape index (κ1) is 51.8. The number of amides is 1. The average molecular weight is 878 g/mol. The van der Waals surface area contributed by atoms with Crippen molar-refractivity contribution >= 4 is 23.4 Å². The number of cyclic esters (lactones) is 1. The highest BCUT2D eigenvalue weighted by Crippen LogP contribution is 2.42. The molecule has 7 unspecified atom stereocenters. The Labute approximate surface area is 367 Å². The molecule has 17 atom stereocenters. The quantitative estimate of drug-likeness (QED) is 0.117. The number of hydrogen-bond acceptors (Lipinski definition) is 14. The topological polar surface area (TPSA) is 228 Å². The molecule has 3 heterocycles. The molecule has 62 heavy (non-hydrogen) atoms. The van der Waals surface area contributed by atoms with E-state index in [1.54, 1.807) is 39.8 Å². The van der Waals surface area contributed by atoms with E-state index in [0.717, 1.165) is 16.7 Å². The molecule has 1 aromatic carbocycles. The summed E-state index contributed by atoms with van der Waals surface area (Å²) in [6.45, 7) is 23.5. The number of aryl methyl sites for hydroxylation is 2. The Kier molecular flexibility index (Phi) is 16.8. The van der Waals surface area contributed by atoms with E-state index in [0.29, 0.717) is 6.42 Å². The molecule has 15 nitrogen and oxygen atoms in total. The molecule has 3 aliphatic rings. The Morgan fingerprint density at radius 2 is 1.44 bits per heavy atom. The molecule has 0 radical (unpaired) electrons. The normalized spacial score (nSPS) is 41.2. The summed E-state index contributed by atoms with van der Waals surface area (Å²) in [4.78, 5) is 55.0. The van der Waals surface area contributed by atoms with Crippen molar-refractivity contribution < 1.29 is 68.4 Å². The van der Waals surface area contributed by atoms with Crippen LogP contribution < -0.4 is 5.32 Å². The third kappa shape index (κ3) is 11.5. The first-order chi connectivity index (χ1) is 28.5. The van der Waals surface area contributed by atoms with Crippen LogP contribution in [0.1, 0.15) is 129 Å². The number of rotatable bonds is 9. The molecule has 6 N–H and O–H groups in total. The second-order valence-corrected chi connectivity index (χ2v) is 20.1. The predicted molar refractivity (Wildman–Crippen MR) is 229 cm³/mol. The molecule has 0 spiro atoms. The lowest BCUT2D eigenvalue weighted by molar-refractivity contribution is -0.312. The molecular formula is C47H75NO14. The number of nitrogens with one attached hydrogen (secondary N) is 1. The Bertz CT molecular complexity index is 1740. The number of benzene rings is 1. The maximum atomic E-state index is 14.6. The number of carbonyl (C=O) groups excluding carboxylic acids is 4. The molecule has 3 aliphatic heterocycles. The van der Waals surface area contributed by atoms with Crippen LogP contribution in [0.5, 0.6) is 0 Å². The van der Waals surface area contributed by atoms with Gasteiger partial charge in [-0.3, -0.25) is 19.2 Å². The van der Waals surface area contributed by atoms with Gasteiger partial charge in [0.15, 0.2) is 12.6 Å². The second kappa shape index (κ2) is 20.1. The van der Waals surface area contributed by atoms with Crippen molar-refractivity contribution in [2.75, 3.05) is 6.54 Å². The van der Waals surface area contributed by atoms with Gasteiger partial charge in [-0.2, -0.15) is 0 Å². The van der Waals surface area contributed by atoms with Crippen LogP contribution in [0.2, 0.25) is 0 Å². The van der Waals surface area contributed by atoms with Gasteiger partial charge in [0.25, 0.3) is 5.91 Å². The van der Waals surface area contributed by atoms with Crippen LogP contribution in [0.25, 0.3) is 0 Å². The van der Waals surface area contributed by atoms with E-state index in [1.807, 2.05) is 48.5 Å². The number of esters is 1. The maximum Gasteiger partial charge on any atom is 0.311 e. The van der Waals surface area contributed by atoms with Gasteiger partial charge in [-0.15, -0.1) is 0 Å². The molecule has 1 amide bonds. The summed E-state index contributed by atoms with van der Waals surface area (Å²) in [5.74, 6) is -7.55. The SMILES string of the molecule is Cc1cc(C(=O)C(=O)NCC[C@H]2OC(=O)[C@H](C)[C@@H](OC3CC(C)(C)C(O)C(C)O3)[C@H](C)[C@@H](OC3OC(C)CC(C)C3O)[C@](C)(O)C[C@@H](C)C(=O)[C@H](C)[C@@H](O)[C@]2(C)O)cc(C)c1C. The van der Waals surface area contributed by atoms with Gasteiger partial charge >= 0.3 is 5.97 Å². The average Bonchev–Trinajstić information content (AvgIpc) is 3.18. The summed E-state index contributed by atoms with van der Waals surface area (Å²) in [6.07, 6.45) is -10.4. The summed E-state index contributed by atoms with van der Waals surface area (Å²) in [7, 11) is 0. The molecule has 3 fully saturated rings. The Hall–Kier alpha value is -2.86. The van der Waals surface area contributed by atoms with Gasteiger partial charge < -0.3 is 54.5 Å². The van der Waals surface area contributed by atoms with Gasteiger partial charge in [-0.05, 0) is 108 Å². The summed E-state index contributed by atoms with van der Waals surface area (Å²) in [6, 6.07) is 3.26. The zero-order chi connectivity index (χ0) is 47.0. The van der Waals surface area contributed by atoms with Crippen molar-refractivity contribution in [1.82, 2.24) is 5.32 Å². The number of aliphatic hydroxyl groups excluding tert-OH is 3. The molecule has 0 aliphatic carbocycles. The molecule has 4 rings (SSSR count). The standard InChI is InChI=1S/C47H75NO14/c1-22-18-32(19-23(2)27(22)6)37(51)42(54)48-16-15-33-47(14,57)39(52)28(7)35(49)25(4)20-46(13,56)41(62-44-36(50)24(3)17-26(5)58-44)29(8)38(30(9)43(55)60-33)61-34-21-45(11,12)40(53)31(10)59-34/h18-19,24-26,28-31,33-34,36,38-41,44,50,52-53,56-57H,15-17,20-21H2,1-14H3,(H,48,54)/t24?,25-,26?,28+,29+,30-,31?,33-,34?,36?,38+,39-,40?,41-,44?,46-,47-/m1/s1. The minimum Gasteiger partial charge on any atom is -0.459 e. The van der Waals surface area contributed by atoms with Crippen LogP contribution in [-0.2, 0) is 38.1 Å². The van der Waals surface area contributed by atoms with Gasteiger partial charge in [0, 0.05) is 42.7 Å². The molecule has 0 bridgehead atoms. The van der Waals surface area contributed by atoms with Gasteiger partial charge in [-0.25, -0.2) is 0 Å². The van der Waals surface area contributed by atoms with Gasteiger partial charge in [0.1, 0.15) is 23.6 Å². The highest BCUT2D eigenvalue weighted by Gasteiger charge is 2.53. The smallest absolute Gasteiger partial charge is 0.311 e. The number of ether oxygens (including phenoxy) is 5. The minimum absolute atomic E-state index is 0.195. The Morgan fingerprint density at radius 3 is 2.02 bits per heavy atom. The molecule has 0 aromatic heterocycles. The third-order valence-corrected chi connectivity index (χ3v) is 14.0. The molecule has 15 heteroatoms. The van der Waals surface area contributed by atoms with Crippen molar-refractivity contribution in [3.8, 4) is 0 Å². The second-order valence-electron chi connectivity index (χ2n) is 20.1. The van der Waals surface area contributed by atoms with E-state index < -0.39 is 119 Å². The van der Waals surface area contributed by atoms with Crippen molar-refractivity contribution in [2.45, 2.75) is 195 Å². The first-order valence-electron chi connectivity index (χ1n) is 22.3. The van der Waals surface area contributed by atoms with Gasteiger partial charge in [0.05, 0.1) is 48.1 Å². The van der Waals surface area contributed by atoms with E-state index in [4.69, 9.17) is 23.7 Å². The number of carbonyl (C=O) groups is 4. The van der Waals surface area contributed by atoms with Crippen LogP contribution in [0.4, 0.5) is 0 Å². The fourth-order valence-electron chi connectivity index (χ4n) is 9.75. The first-order valence-corrected chi connectivity index (χ1v) is 22.3. The lowest BCUT2D eigenvalue weighted by Gasteiger charge is -2.48. The molecule has 0 saturated carbocycles.